The number of aliphatic hydroxyl groups is 1. The van der Waals surface area contributed by atoms with Crippen molar-refractivity contribution in [2.24, 2.45) is 23.0 Å². The largest absolute Gasteiger partial charge is 0.396 e. The Morgan fingerprint density at radius 1 is 1.30 bits per heavy atom. The van der Waals surface area contributed by atoms with Gasteiger partial charge in [-0.15, -0.1) is 0 Å². The Morgan fingerprint density at radius 2 is 1.95 bits per heavy atom. The lowest BCUT2D eigenvalue weighted by Gasteiger charge is -2.27. The minimum atomic E-state index is -0.0512. The number of nitrogens with two attached hydrogens (primary N) is 1. The maximum atomic E-state index is 12.0. The van der Waals surface area contributed by atoms with Gasteiger partial charge in [-0.2, -0.15) is 0 Å². The van der Waals surface area contributed by atoms with Crippen LogP contribution in [0.4, 0.5) is 0 Å². The van der Waals surface area contributed by atoms with E-state index < -0.39 is 0 Å². The van der Waals surface area contributed by atoms with Crippen LogP contribution in [0.1, 0.15) is 58.8 Å². The fourth-order valence-corrected chi connectivity index (χ4v) is 3.23. The molecule has 4 heteroatoms. The molecule has 0 heterocycles. The smallest absolute Gasteiger partial charge is 0.220 e. The summed E-state index contributed by atoms with van der Waals surface area (Å²) < 4.78 is 0. The molecule has 0 aromatic heterocycles. The van der Waals surface area contributed by atoms with Gasteiger partial charge in [0, 0.05) is 18.4 Å². The van der Waals surface area contributed by atoms with E-state index in [1.54, 1.807) is 0 Å². The summed E-state index contributed by atoms with van der Waals surface area (Å²) in [6.45, 7) is 5.90. The molecule has 0 aromatic rings. The topological polar surface area (TPSA) is 75.4 Å². The maximum Gasteiger partial charge on any atom is 0.220 e. The van der Waals surface area contributed by atoms with Crippen molar-refractivity contribution in [3.05, 3.63) is 0 Å². The highest BCUT2D eigenvalue weighted by Crippen LogP contribution is 2.36. The zero-order valence-electron chi connectivity index (χ0n) is 13.2. The molecule has 0 radical (unpaired) electrons. The first kappa shape index (κ1) is 17.4. The normalized spacial score (nSPS) is 19.2. The van der Waals surface area contributed by atoms with Crippen LogP contribution in [0.5, 0.6) is 0 Å². The predicted octanol–water partition coefficient (Wildman–Crippen LogP) is 2.06. The second-order valence-electron chi connectivity index (χ2n) is 6.76. The Hall–Kier alpha value is -0.610. The van der Waals surface area contributed by atoms with Gasteiger partial charge in [-0.05, 0) is 44.1 Å². The Balaban J connectivity index is 2.29. The Kier molecular flexibility index (Phi) is 7.52. The van der Waals surface area contributed by atoms with Crippen LogP contribution in [-0.4, -0.2) is 30.7 Å². The molecule has 0 aromatic carbocycles. The SMILES string of the molecule is CC(C)C(CCN)CCC(=O)NCC1(CO)CCCC1. The van der Waals surface area contributed by atoms with Crippen molar-refractivity contribution < 1.29 is 9.90 Å². The van der Waals surface area contributed by atoms with Gasteiger partial charge in [0.1, 0.15) is 0 Å². The van der Waals surface area contributed by atoms with Gasteiger partial charge in [-0.25, -0.2) is 0 Å². The van der Waals surface area contributed by atoms with E-state index in [-0.39, 0.29) is 17.9 Å². The lowest BCUT2D eigenvalue weighted by molar-refractivity contribution is -0.122. The number of carbonyl (C=O) groups is 1. The van der Waals surface area contributed by atoms with E-state index in [0.29, 0.717) is 31.3 Å². The van der Waals surface area contributed by atoms with Gasteiger partial charge in [-0.1, -0.05) is 26.7 Å². The second-order valence-corrected chi connectivity index (χ2v) is 6.76. The van der Waals surface area contributed by atoms with Crippen molar-refractivity contribution in [1.29, 1.82) is 0 Å². The monoisotopic (exact) mass is 284 g/mol. The predicted molar refractivity (Wildman–Crippen MR) is 82.2 cm³/mol. The number of hydrogen-bond donors (Lipinski definition) is 3. The third kappa shape index (κ3) is 5.41. The maximum absolute atomic E-state index is 12.0. The molecule has 4 nitrogen and oxygen atoms in total. The molecule has 1 aliphatic rings. The summed E-state index contributed by atoms with van der Waals surface area (Å²) >= 11 is 0. The Morgan fingerprint density at radius 3 is 2.45 bits per heavy atom. The number of rotatable bonds is 9. The molecule has 0 saturated heterocycles. The molecular weight excluding hydrogens is 252 g/mol. The number of amides is 1. The lowest BCUT2D eigenvalue weighted by atomic mass is 9.86. The first-order valence-corrected chi connectivity index (χ1v) is 8.10. The summed E-state index contributed by atoms with van der Waals surface area (Å²) in [6.07, 6.45) is 6.88. The molecule has 1 atom stereocenters. The summed E-state index contributed by atoms with van der Waals surface area (Å²) in [7, 11) is 0. The van der Waals surface area contributed by atoms with Crippen LogP contribution in [0.3, 0.4) is 0 Å². The fourth-order valence-electron chi connectivity index (χ4n) is 3.23. The van der Waals surface area contributed by atoms with Gasteiger partial charge in [0.25, 0.3) is 0 Å². The molecule has 1 rings (SSSR count). The second kappa shape index (κ2) is 8.63. The van der Waals surface area contributed by atoms with Crippen LogP contribution in [0.25, 0.3) is 0 Å². The molecule has 20 heavy (non-hydrogen) atoms. The molecule has 1 saturated carbocycles. The average Bonchev–Trinajstić information content (AvgIpc) is 2.90. The average molecular weight is 284 g/mol. The van der Waals surface area contributed by atoms with Crippen LogP contribution in [0.15, 0.2) is 0 Å². The highest BCUT2D eigenvalue weighted by Gasteiger charge is 2.33. The Bertz CT molecular complexity index is 286. The first-order chi connectivity index (χ1) is 9.53. The quantitative estimate of drug-likeness (QED) is 0.606. The van der Waals surface area contributed by atoms with E-state index in [1.807, 2.05) is 0 Å². The zero-order valence-corrected chi connectivity index (χ0v) is 13.2. The van der Waals surface area contributed by atoms with Crippen molar-refractivity contribution in [3.63, 3.8) is 0 Å². The van der Waals surface area contributed by atoms with Crippen LogP contribution >= 0.6 is 0 Å². The van der Waals surface area contributed by atoms with E-state index in [0.717, 1.165) is 25.7 Å². The van der Waals surface area contributed by atoms with E-state index in [4.69, 9.17) is 5.73 Å². The summed E-state index contributed by atoms with van der Waals surface area (Å²) in [5, 5.41) is 12.5. The van der Waals surface area contributed by atoms with E-state index in [1.165, 1.54) is 12.8 Å². The minimum Gasteiger partial charge on any atom is -0.396 e. The van der Waals surface area contributed by atoms with Crippen LogP contribution in [0, 0.1) is 17.3 Å². The third-order valence-electron chi connectivity index (χ3n) is 4.88. The highest BCUT2D eigenvalue weighted by atomic mass is 16.3. The molecule has 4 N–H and O–H groups in total. The van der Waals surface area contributed by atoms with Gasteiger partial charge in [-0.3, -0.25) is 4.79 Å². The minimum absolute atomic E-state index is 0.0512. The molecule has 1 fully saturated rings. The summed E-state index contributed by atoms with van der Waals surface area (Å²) in [4.78, 5) is 12.0. The van der Waals surface area contributed by atoms with Gasteiger partial charge >= 0.3 is 0 Å². The van der Waals surface area contributed by atoms with Gasteiger partial charge in [0.2, 0.25) is 5.91 Å². The molecule has 0 bridgehead atoms. The number of aliphatic hydroxyl groups excluding tert-OH is 1. The number of carbonyl (C=O) groups excluding carboxylic acids is 1. The van der Waals surface area contributed by atoms with E-state index in [9.17, 15) is 9.90 Å². The van der Waals surface area contributed by atoms with E-state index >= 15 is 0 Å². The van der Waals surface area contributed by atoms with Crippen LogP contribution < -0.4 is 11.1 Å². The molecule has 1 amide bonds. The van der Waals surface area contributed by atoms with Crippen molar-refractivity contribution in [2.45, 2.75) is 58.8 Å². The first-order valence-electron chi connectivity index (χ1n) is 8.10. The number of hydrogen-bond acceptors (Lipinski definition) is 3. The van der Waals surface area contributed by atoms with Crippen molar-refractivity contribution in [3.8, 4) is 0 Å². The van der Waals surface area contributed by atoms with Gasteiger partial charge in [0.05, 0.1) is 6.61 Å². The summed E-state index contributed by atoms with van der Waals surface area (Å²) in [6, 6.07) is 0. The molecule has 0 aliphatic heterocycles. The van der Waals surface area contributed by atoms with Crippen LogP contribution in [0.2, 0.25) is 0 Å². The van der Waals surface area contributed by atoms with Crippen molar-refractivity contribution in [1.82, 2.24) is 5.32 Å². The molecule has 1 unspecified atom stereocenters. The molecule has 0 spiro atoms. The molecule has 118 valence electrons. The number of nitrogens with one attached hydrogen (secondary N) is 1. The van der Waals surface area contributed by atoms with Crippen LogP contribution in [-0.2, 0) is 4.79 Å². The molecular formula is C16H32N2O2. The Labute approximate surface area is 123 Å². The lowest BCUT2D eigenvalue weighted by Crippen LogP contribution is -2.38. The summed E-state index contributed by atoms with van der Waals surface area (Å²) in [5.41, 5.74) is 5.57. The van der Waals surface area contributed by atoms with Gasteiger partial charge in [0.15, 0.2) is 0 Å². The van der Waals surface area contributed by atoms with E-state index in [2.05, 4.69) is 19.2 Å². The summed E-state index contributed by atoms with van der Waals surface area (Å²) in [5.74, 6) is 1.22. The zero-order chi connectivity index (χ0) is 15.0. The molecule has 1 aliphatic carbocycles. The fraction of sp³-hybridized carbons (Fsp3) is 0.938. The standard InChI is InChI=1S/C16H32N2O2/c1-13(2)14(7-10-17)5-6-15(20)18-11-16(12-19)8-3-4-9-16/h13-14,19H,3-12,17H2,1-2H3,(H,18,20). The third-order valence-corrected chi connectivity index (χ3v) is 4.88. The van der Waals surface area contributed by atoms with Crippen molar-refractivity contribution >= 4 is 5.91 Å². The highest BCUT2D eigenvalue weighted by molar-refractivity contribution is 5.75. The van der Waals surface area contributed by atoms with Gasteiger partial charge < -0.3 is 16.2 Å². The van der Waals surface area contributed by atoms with Crippen molar-refractivity contribution in [2.75, 3.05) is 19.7 Å².